The highest BCUT2D eigenvalue weighted by atomic mass is 16.7. The van der Waals surface area contributed by atoms with Gasteiger partial charge in [-0.2, -0.15) is 0 Å². The van der Waals surface area contributed by atoms with E-state index in [2.05, 4.69) is 0 Å². The molecular formula is C21H24N2O3. The summed E-state index contributed by atoms with van der Waals surface area (Å²) in [4.78, 5) is 17.6. The molecule has 5 nitrogen and oxygen atoms in total. The number of carbonyl (C=O) groups is 1. The van der Waals surface area contributed by atoms with Crippen LogP contribution in [0.1, 0.15) is 48.9 Å². The van der Waals surface area contributed by atoms with Crippen molar-refractivity contribution in [3.8, 4) is 11.5 Å². The van der Waals surface area contributed by atoms with Crippen LogP contribution in [-0.4, -0.2) is 23.3 Å². The Morgan fingerprint density at radius 3 is 2.81 bits per heavy atom. The van der Waals surface area contributed by atoms with E-state index in [9.17, 15) is 4.79 Å². The van der Waals surface area contributed by atoms with Crippen molar-refractivity contribution in [3.63, 3.8) is 0 Å². The number of aromatic nitrogens is 1. The lowest BCUT2D eigenvalue weighted by atomic mass is 9.96. The van der Waals surface area contributed by atoms with Crippen molar-refractivity contribution < 1.29 is 14.3 Å². The van der Waals surface area contributed by atoms with Crippen LogP contribution in [0.25, 0.3) is 0 Å². The zero-order valence-corrected chi connectivity index (χ0v) is 14.9. The topological polar surface area (TPSA) is 52.8 Å². The van der Waals surface area contributed by atoms with Crippen LogP contribution in [0.3, 0.4) is 0 Å². The second-order valence-electron chi connectivity index (χ2n) is 6.93. The molecule has 0 saturated heterocycles. The highest BCUT2D eigenvalue weighted by Crippen LogP contribution is 2.32. The van der Waals surface area contributed by atoms with E-state index in [1.54, 1.807) is 4.57 Å². The molecule has 0 bridgehead atoms. The molecular weight excluding hydrogens is 328 g/mol. The summed E-state index contributed by atoms with van der Waals surface area (Å²) < 4.78 is 12.4. The van der Waals surface area contributed by atoms with Gasteiger partial charge in [-0.3, -0.25) is 14.4 Å². The molecule has 1 fully saturated rings. The zero-order chi connectivity index (χ0) is 17.8. The van der Waals surface area contributed by atoms with Gasteiger partial charge in [-0.25, -0.2) is 0 Å². The molecule has 26 heavy (non-hydrogen) atoms. The molecule has 1 aliphatic carbocycles. The van der Waals surface area contributed by atoms with Crippen molar-refractivity contribution >= 4 is 5.91 Å². The zero-order valence-electron chi connectivity index (χ0n) is 14.9. The summed E-state index contributed by atoms with van der Waals surface area (Å²) in [5, 5.41) is 0. The van der Waals surface area contributed by atoms with E-state index in [1.165, 1.54) is 19.3 Å². The van der Waals surface area contributed by atoms with Crippen molar-refractivity contribution in [2.75, 3.05) is 6.79 Å². The van der Waals surface area contributed by atoms with Gasteiger partial charge in [0.1, 0.15) is 5.49 Å². The molecule has 1 aromatic carbocycles. The maximum absolute atomic E-state index is 12.8. The Morgan fingerprint density at radius 1 is 1.08 bits per heavy atom. The van der Waals surface area contributed by atoms with Crippen molar-refractivity contribution in [3.05, 3.63) is 53.6 Å². The number of nitrogens with zero attached hydrogens (tertiary/aromatic N) is 2. The van der Waals surface area contributed by atoms with Gasteiger partial charge in [0.05, 0.1) is 6.04 Å². The van der Waals surface area contributed by atoms with E-state index in [1.807, 2.05) is 42.6 Å². The number of ether oxygens (including phenoxy) is 2. The number of rotatable bonds is 4. The lowest BCUT2D eigenvalue weighted by Crippen LogP contribution is -2.29. The molecule has 2 aliphatic rings. The lowest BCUT2D eigenvalue weighted by Gasteiger charge is -2.17. The molecule has 5 heteroatoms. The summed E-state index contributed by atoms with van der Waals surface area (Å²) in [5.74, 6) is 1.60. The number of aryl methyl sites for hydroxylation is 1. The smallest absolute Gasteiger partial charge is 0.232 e. The molecule has 1 saturated carbocycles. The molecule has 2 aromatic rings. The summed E-state index contributed by atoms with van der Waals surface area (Å²) in [5.41, 5.74) is 1.85. The number of carbonyl (C=O) groups excluding carboxylic acids is 1. The minimum atomic E-state index is 0.0674. The molecule has 0 unspecified atom stereocenters. The van der Waals surface area contributed by atoms with E-state index >= 15 is 0 Å². The van der Waals surface area contributed by atoms with Crippen LogP contribution in [0.5, 0.6) is 11.5 Å². The third-order valence-electron chi connectivity index (χ3n) is 5.06. The largest absolute Gasteiger partial charge is 0.454 e. The Bertz CT molecular complexity index is 850. The van der Waals surface area contributed by atoms with Gasteiger partial charge in [0.25, 0.3) is 0 Å². The van der Waals surface area contributed by atoms with Gasteiger partial charge in [0.15, 0.2) is 11.5 Å². The fourth-order valence-corrected chi connectivity index (χ4v) is 3.62. The summed E-state index contributed by atoms with van der Waals surface area (Å²) in [7, 11) is 0. The van der Waals surface area contributed by atoms with Crippen LogP contribution in [0.15, 0.2) is 47.6 Å². The molecule has 1 aromatic heterocycles. The predicted octanol–water partition coefficient (Wildman–Crippen LogP) is 3.72. The molecule has 0 atom stereocenters. The second kappa shape index (κ2) is 7.77. The minimum Gasteiger partial charge on any atom is -0.454 e. The quantitative estimate of drug-likeness (QED) is 0.843. The van der Waals surface area contributed by atoms with Gasteiger partial charge < -0.3 is 9.47 Å². The van der Waals surface area contributed by atoms with Crippen molar-refractivity contribution in [2.24, 2.45) is 4.99 Å². The van der Waals surface area contributed by atoms with Crippen LogP contribution in [0.2, 0.25) is 0 Å². The fourth-order valence-electron chi connectivity index (χ4n) is 3.62. The summed E-state index contributed by atoms with van der Waals surface area (Å²) in [6, 6.07) is 12.0. The Kier molecular flexibility index (Phi) is 5.04. The third kappa shape index (κ3) is 3.82. The molecule has 136 valence electrons. The summed E-state index contributed by atoms with van der Waals surface area (Å²) in [6.45, 7) is 0.267. The first-order valence-corrected chi connectivity index (χ1v) is 9.43. The molecule has 2 heterocycles. The van der Waals surface area contributed by atoms with Crippen LogP contribution in [0.4, 0.5) is 0 Å². The number of benzene rings is 1. The average molecular weight is 352 g/mol. The first-order valence-electron chi connectivity index (χ1n) is 9.43. The third-order valence-corrected chi connectivity index (χ3v) is 5.06. The number of pyridine rings is 1. The van der Waals surface area contributed by atoms with Crippen molar-refractivity contribution in [1.82, 2.24) is 4.57 Å². The van der Waals surface area contributed by atoms with Crippen LogP contribution < -0.4 is 15.0 Å². The van der Waals surface area contributed by atoms with E-state index < -0.39 is 0 Å². The number of hydrogen-bond donors (Lipinski definition) is 0. The van der Waals surface area contributed by atoms with Gasteiger partial charge in [0.2, 0.25) is 12.7 Å². The SMILES string of the molecule is O=C(CCc1ccc2c(c1)OCO2)n1ccccc1=NC1CCCCC1. The molecule has 1 aliphatic heterocycles. The summed E-state index contributed by atoms with van der Waals surface area (Å²) >= 11 is 0. The van der Waals surface area contributed by atoms with Gasteiger partial charge >= 0.3 is 0 Å². The van der Waals surface area contributed by atoms with Crippen LogP contribution >= 0.6 is 0 Å². The highest BCUT2D eigenvalue weighted by molar-refractivity contribution is 5.78. The normalized spacial score (nSPS) is 17.5. The average Bonchev–Trinajstić information content (AvgIpc) is 3.15. The Labute approximate surface area is 153 Å². The highest BCUT2D eigenvalue weighted by Gasteiger charge is 2.15. The first kappa shape index (κ1) is 16.9. The van der Waals surface area contributed by atoms with E-state index in [4.69, 9.17) is 14.5 Å². The maximum atomic E-state index is 12.8. The van der Waals surface area contributed by atoms with E-state index in [-0.39, 0.29) is 12.7 Å². The number of hydrogen-bond acceptors (Lipinski definition) is 4. The fraction of sp³-hybridized carbons (Fsp3) is 0.429. The first-order chi connectivity index (χ1) is 12.8. The minimum absolute atomic E-state index is 0.0674. The Hall–Kier alpha value is -2.56. The lowest BCUT2D eigenvalue weighted by molar-refractivity contribution is 0.0897. The molecule has 0 N–H and O–H groups in total. The van der Waals surface area contributed by atoms with Gasteiger partial charge in [-0.05, 0) is 49.1 Å². The molecule has 0 spiro atoms. The standard InChI is InChI=1S/C21H24N2O3/c24-21(12-10-16-9-11-18-19(14-16)26-15-25-18)23-13-5-4-8-20(23)22-17-6-2-1-3-7-17/h4-5,8-9,11,13-14,17H,1-3,6-7,10,12,15H2. The van der Waals surface area contributed by atoms with E-state index in [0.717, 1.165) is 35.4 Å². The van der Waals surface area contributed by atoms with Crippen molar-refractivity contribution in [1.29, 1.82) is 0 Å². The van der Waals surface area contributed by atoms with Crippen LogP contribution in [-0.2, 0) is 6.42 Å². The van der Waals surface area contributed by atoms with Gasteiger partial charge in [-0.15, -0.1) is 0 Å². The Balaban J connectivity index is 1.47. The maximum Gasteiger partial charge on any atom is 0.232 e. The van der Waals surface area contributed by atoms with Crippen LogP contribution in [0, 0.1) is 0 Å². The molecule has 0 amide bonds. The monoisotopic (exact) mass is 352 g/mol. The molecule has 4 rings (SSSR count). The molecule has 0 radical (unpaired) electrons. The Morgan fingerprint density at radius 2 is 1.92 bits per heavy atom. The number of fused-ring (bicyclic) bond motifs is 1. The predicted molar refractivity (Wildman–Crippen MR) is 98.4 cm³/mol. The van der Waals surface area contributed by atoms with Gasteiger partial charge in [0, 0.05) is 12.6 Å². The second-order valence-corrected chi connectivity index (χ2v) is 6.93. The van der Waals surface area contributed by atoms with E-state index in [0.29, 0.717) is 18.9 Å². The van der Waals surface area contributed by atoms with Crippen molar-refractivity contribution in [2.45, 2.75) is 51.0 Å². The summed E-state index contributed by atoms with van der Waals surface area (Å²) in [6.07, 6.45) is 8.94. The van der Waals surface area contributed by atoms with Gasteiger partial charge in [-0.1, -0.05) is 31.4 Å².